The van der Waals surface area contributed by atoms with Gasteiger partial charge in [0.15, 0.2) is 0 Å². The van der Waals surface area contributed by atoms with Gasteiger partial charge in [0.25, 0.3) is 0 Å². The molecule has 2 aromatic rings. The number of thiophene rings is 1. The lowest BCUT2D eigenvalue weighted by molar-refractivity contribution is 0.739. The van der Waals surface area contributed by atoms with Crippen LogP contribution in [0.3, 0.4) is 0 Å². The van der Waals surface area contributed by atoms with E-state index in [4.69, 9.17) is 0 Å². The predicted octanol–water partition coefficient (Wildman–Crippen LogP) is 3.84. The standard InChI is InChI=1S/C15H17NS/c1-2-11-4-3-5-14-13(11)10-15(17-14)12-6-8-16-9-7-12/h3-6,10,16H,2,7-9H2,1H3. The van der Waals surface area contributed by atoms with E-state index in [2.05, 4.69) is 42.6 Å². The second-order valence-electron chi connectivity index (χ2n) is 4.48. The second kappa shape index (κ2) is 4.63. The molecule has 1 aromatic heterocycles. The van der Waals surface area contributed by atoms with Gasteiger partial charge in [0.2, 0.25) is 0 Å². The highest BCUT2D eigenvalue weighted by molar-refractivity contribution is 7.20. The van der Waals surface area contributed by atoms with Gasteiger partial charge in [0, 0.05) is 16.1 Å². The first-order chi connectivity index (χ1) is 8.38. The van der Waals surface area contributed by atoms with Crippen molar-refractivity contribution in [2.75, 3.05) is 13.1 Å². The first-order valence-corrected chi connectivity index (χ1v) is 7.11. The van der Waals surface area contributed by atoms with Crippen molar-refractivity contribution < 1.29 is 0 Å². The minimum atomic E-state index is 1.02. The Kier molecular flexibility index (Phi) is 3.00. The van der Waals surface area contributed by atoms with E-state index in [0.29, 0.717) is 0 Å². The van der Waals surface area contributed by atoms with Gasteiger partial charge in [-0.2, -0.15) is 0 Å². The van der Waals surface area contributed by atoms with Crippen LogP contribution in [0.5, 0.6) is 0 Å². The maximum absolute atomic E-state index is 3.37. The van der Waals surface area contributed by atoms with Crippen LogP contribution in [-0.4, -0.2) is 13.1 Å². The van der Waals surface area contributed by atoms with E-state index < -0.39 is 0 Å². The first kappa shape index (κ1) is 11.0. The Morgan fingerprint density at radius 1 is 1.35 bits per heavy atom. The average Bonchev–Trinajstić information content (AvgIpc) is 2.83. The fourth-order valence-corrected chi connectivity index (χ4v) is 3.61. The molecule has 0 radical (unpaired) electrons. The van der Waals surface area contributed by atoms with Crippen molar-refractivity contribution >= 4 is 27.0 Å². The van der Waals surface area contributed by atoms with Crippen LogP contribution in [0.2, 0.25) is 0 Å². The molecule has 17 heavy (non-hydrogen) atoms. The van der Waals surface area contributed by atoms with Crippen molar-refractivity contribution in [2.24, 2.45) is 0 Å². The zero-order chi connectivity index (χ0) is 11.7. The highest BCUT2D eigenvalue weighted by Crippen LogP contribution is 2.34. The van der Waals surface area contributed by atoms with Gasteiger partial charge in [0.05, 0.1) is 0 Å². The molecular formula is C15H17NS. The van der Waals surface area contributed by atoms with Crippen LogP contribution in [-0.2, 0) is 6.42 Å². The summed E-state index contributed by atoms with van der Waals surface area (Å²) in [6, 6.07) is 9.05. The summed E-state index contributed by atoms with van der Waals surface area (Å²) in [5, 5.41) is 4.82. The highest BCUT2D eigenvalue weighted by atomic mass is 32.1. The number of fused-ring (bicyclic) bond motifs is 1. The Labute approximate surface area is 106 Å². The summed E-state index contributed by atoms with van der Waals surface area (Å²) in [5.74, 6) is 0. The van der Waals surface area contributed by atoms with Gasteiger partial charge in [-0.1, -0.05) is 25.1 Å². The van der Waals surface area contributed by atoms with Gasteiger partial charge in [-0.25, -0.2) is 0 Å². The quantitative estimate of drug-likeness (QED) is 0.845. The number of benzene rings is 1. The predicted molar refractivity (Wildman–Crippen MR) is 76.7 cm³/mol. The SMILES string of the molecule is CCc1cccc2sc(C3=CCNCC3)cc12. The largest absolute Gasteiger partial charge is 0.313 e. The topological polar surface area (TPSA) is 12.0 Å². The molecule has 0 atom stereocenters. The van der Waals surface area contributed by atoms with Gasteiger partial charge >= 0.3 is 0 Å². The van der Waals surface area contributed by atoms with E-state index in [1.54, 1.807) is 0 Å². The molecule has 2 heteroatoms. The third-order valence-corrected chi connectivity index (χ3v) is 4.59. The van der Waals surface area contributed by atoms with E-state index in [0.717, 1.165) is 25.9 Å². The van der Waals surface area contributed by atoms with Crippen LogP contribution in [0.15, 0.2) is 30.3 Å². The normalized spacial score (nSPS) is 16.2. The molecule has 1 aliphatic heterocycles. The van der Waals surface area contributed by atoms with Gasteiger partial charge in [0.1, 0.15) is 0 Å². The van der Waals surface area contributed by atoms with Crippen LogP contribution in [0, 0.1) is 0 Å². The molecule has 0 spiro atoms. The summed E-state index contributed by atoms with van der Waals surface area (Å²) in [5.41, 5.74) is 2.99. The van der Waals surface area contributed by atoms with Crippen molar-refractivity contribution in [3.8, 4) is 0 Å². The summed E-state index contributed by atoms with van der Waals surface area (Å²) in [4.78, 5) is 1.46. The average molecular weight is 243 g/mol. The Bertz CT molecular complexity index is 565. The monoisotopic (exact) mass is 243 g/mol. The molecule has 3 rings (SSSR count). The van der Waals surface area contributed by atoms with Crippen LogP contribution >= 0.6 is 11.3 Å². The molecule has 0 saturated carbocycles. The molecule has 0 amide bonds. The molecule has 88 valence electrons. The molecule has 1 nitrogen and oxygen atoms in total. The van der Waals surface area contributed by atoms with Gasteiger partial charge < -0.3 is 5.32 Å². The maximum Gasteiger partial charge on any atom is 0.0352 e. The van der Waals surface area contributed by atoms with Crippen LogP contribution in [0.4, 0.5) is 0 Å². The lowest BCUT2D eigenvalue weighted by Crippen LogP contribution is -2.19. The van der Waals surface area contributed by atoms with Gasteiger partial charge in [-0.3, -0.25) is 0 Å². The van der Waals surface area contributed by atoms with Crippen LogP contribution in [0.1, 0.15) is 23.8 Å². The number of rotatable bonds is 2. The van der Waals surface area contributed by atoms with Crippen molar-refractivity contribution in [3.05, 3.63) is 40.8 Å². The van der Waals surface area contributed by atoms with Crippen molar-refractivity contribution in [2.45, 2.75) is 19.8 Å². The third-order valence-electron chi connectivity index (χ3n) is 3.41. The third kappa shape index (κ3) is 2.03. The lowest BCUT2D eigenvalue weighted by atomic mass is 10.0. The number of hydrogen-bond donors (Lipinski definition) is 1. The molecular weight excluding hydrogens is 226 g/mol. The molecule has 0 unspecified atom stereocenters. The molecule has 1 aliphatic rings. The first-order valence-electron chi connectivity index (χ1n) is 6.30. The summed E-state index contributed by atoms with van der Waals surface area (Å²) in [6.45, 7) is 4.36. The highest BCUT2D eigenvalue weighted by Gasteiger charge is 2.10. The molecule has 0 saturated heterocycles. The van der Waals surface area contributed by atoms with E-state index >= 15 is 0 Å². The minimum Gasteiger partial charge on any atom is -0.313 e. The van der Waals surface area contributed by atoms with Crippen LogP contribution in [0.25, 0.3) is 15.7 Å². The number of nitrogens with one attached hydrogen (secondary N) is 1. The van der Waals surface area contributed by atoms with Crippen molar-refractivity contribution in [1.29, 1.82) is 0 Å². The van der Waals surface area contributed by atoms with Crippen molar-refractivity contribution in [1.82, 2.24) is 5.32 Å². The summed E-state index contributed by atoms with van der Waals surface area (Å²) in [6.07, 6.45) is 4.61. The van der Waals surface area contributed by atoms with E-state index in [1.165, 1.54) is 26.1 Å². The summed E-state index contributed by atoms with van der Waals surface area (Å²) < 4.78 is 1.43. The lowest BCUT2D eigenvalue weighted by Gasteiger charge is -2.11. The molecule has 0 bridgehead atoms. The van der Waals surface area contributed by atoms with E-state index in [1.807, 2.05) is 11.3 Å². The summed E-state index contributed by atoms with van der Waals surface area (Å²) in [7, 11) is 0. The zero-order valence-corrected chi connectivity index (χ0v) is 10.9. The Morgan fingerprint density at radius 2 is 2.29 bits per heavy atom. The fraction of sp³-hybridized carbons (Fsp3) is 0.333. The van der Waals surface area contributed by atoms with Crippen LogP contribution < -0.4 is 5.32 Å². The Hall–Kier alpha value is -1.12. The summed E-state index contributed by atoms with van der Waals surface area (Å²) >= 11 is 1.94. The minimum absolute atomic E-state index is 1.02. The smallest absolute Gasteiger partial charge is 0.0352 e. The van der Waals surface area contributed by atoms with Gasteiger partial charge in [-0.15, -0.1) is 11.3 Å². The molecule has 2 heterocycles. The fourth-order valence-electron chi connectivity index (χ4n) is 2.43. The number of hydrogen-bond acceptors (Lipinski definition) is 2. The van der Waals surface area contributed by atoms with Gasteiger partial charge in [-0.05, 0) is 48.0 Å². The Balaban J connectivity index is 2.10. The van der Waals surface area contributed by atoms with E-state index in [-0.39, 0.29) is 0 Å². The molecule has 1 N–H and O–H groups in total. The Morgan fingerprint density at radius 3 is 3.06 bits per heavy atom. The van der Waals surface area contributed by atoms with E-state index in [9.17, 15) is 0 Å². The molecule has 0 fully saturated rings. The molecule has 0 aliphatic carbocycles. The molecule has 1 aromatic carbocycles. The maximum atomic E-state index is 3.37. The number of aryl methyl sites for hydroxylation is 1. The van der Waals surface area contributed by atoms with Crippen molar-refractivity contribution in [3.63, 3.8) is 0 Å². The second-order valence-corrected chi connectivity index (χ2v) is 5.56. The zero-order valence-electron chi connectivity index (χ0n) is 10.1.